The van der Waals surface area contributed by atoms with Gasteiger partial charge in [-0.25, -0.2) is 4.98 Å². The minimum absolute atomic E-state index is 0.0392. The van der Waals surface area contributed by atoms with E-state index < -0.39 is 5.91 Å². The lowest BCUT2D eigenvalue weighted by molar-refractivity contribution is -0.112. The quantitative estimate of drug-likeness (QED) is 0.498. The number of amides is 1. The lowest BCUT2D eigenvalue weighted by Gasteiger charge is -2.05. The third-order valence-corrected chi connectivity index (χ3v) is 4.65. The Bertz CT molecular complexity index is 1070. The van der Waals surface area contributed by atoms with E-state index in [1.54, 1.807) is 19.2 Å². The smallest absolute Gasteiger partial charge is 0.268 e. The van der Waals surface area contributed by atoms with Gasteiger partial charge < -0.3 is 9.47 Å². The summed E-state index contributed by atoms with van der Waals surface area (Å²) in [4.78, 5) is 16.9. The number of hydrogen-bond acceptors (Lipinski definition) is 6. The molecule has 0 atom stereocenters. The first-order valence-corrected chi connectivity index (χ1v) is 9.18. The zero-order chi connectivity index (χ0) is 19.9. The number of nitrogens with zero attached hydrogens (tertiary/aromatic N) is 2. The van der Waals surface area contributed by atoms with Crippen molar-refractivity contribution in [1.29, 1.82) is 5.26 Å². The van der Waals surface area contributed by atoms with E-state index in [-0.39, 0.29) is 5.57 Å². The third kappa shape index (κ3) is 4.37. The van der Waals surface area contributed by atoms with Crippen molar-refractivity contribution in [2.45, 2.75) is 0 Å². The van der Waals surface area contributed by atoms with E-state index >= 15 is 0 Å². The Hall–Kier alpha value is -3.63. The van der Waals surface area contributed by atoms with Crippen molar-refractivity contribution in [3.05, 3.63) is 65.0 Å². The molecular weight excluding hydrogens is 374 g/mol. The first-order valence-electron chi connectivity index (χ1n) is 8.30. The van der Waals surface area contributed by atoms with E-state index in [0.717, 1.165) is 11.3 Å². The zero-order valence-corrected chi connectivity index (χ0v) is 16.1. The van der Waals surface area contributed by atoms with Gasteiger partial charge in [0.1, 0.15) is 23.1 Å². The summed E-state index contributed by atoms with van der Waals surface area (Å²) in [6, 6.07) is 16.6. The fraction of sp³-hybridized carbons (Fsp3) is 0.0952. The van der Waals surface area contributed by atoms with Gasteiger partial charge in [-0.1, -0.05) is 30.3 Å². The molecule has 0 unspecified atom stereocenters. The number of carbonyl (C=O) groups is 1. The second-order valence-electron chi connectivity index (χ2n) is 5.64. The molecule has 0 aliphatic rings. The number of nitrogens with one attached hydrogen (secondary N) is 1. The predicted molar refractivity (Wildman–Crippen MR) is 109 cm³/mol. The van der Waals surface area contributed by atoms with Crippen molar-refractivity contribution >= 4 is 28.5 Å². The van der Waals surface area contributed by atoms with Crippen LogP contribution in [0, 0.1) is 11.3 Å². The van der Waals surface area contributed by atoms with Crippen LogP contribution in [-0.4, -0.2) is 25.1 Å². The molecule has 140 valence electrons. The lowest BCUT2D eigenvalue weighted by atomic mass is 10.1. The molecule has 3 rings (SSSR count). The number of carbonyl (C=O) groups excluding carboxylic acids is 1. The SMILES string of the molecule is COc1cccc(-c2csc(NC(=O)C(C#N)=Cc3ccccc3OC)n2)c1. The second kappa shape index (κ2) is 8.84. The van der Waals surface area contributed by atoms with Gasteiger partial charge in [0.15, 0.2) is 5.13 Å². The van der Waals surface area contributed by atoms with Crippen LogP contribution < -0.4 is 14.8 Å². The van der Waals surface area contributed by atoms with Crippen LogP contribution in [-0.2, 0) is 4.79 Å². The number of hydrogen-bond donors (Lipinski definition) is 1. The van der Waals surface area contributed by atoms with Gasteiger partial charge >= 0.3 is 0 Å². The van der Waals surface area contributed by atoms with Gasteiger partial charge in [-0.15, -0.1) is 11.3 Å². The molecule has 2 aromatic carbocycles. The fourth-order valence-corrected chi connectivity index (χ4v) is 3.22. The van der Waals surface area contributed by atoms with Gasteiger partial charge in [-0.05, 0) is 24.3 Å². The van der Waals surface area contributed by atoms with E-state index in [0.29, 0.717) is 22.1 Å². The number of anilines is 1. The molecule has 7 heteroatoms. The van der Waals surface area contributed by atoms with Gasteiger partial charge in [-0.3, -0.25) is 10.1 Å². The Morgan fingerprint density at radius 3 is 2.75 bits per heavy atom. The molecule has 0 aliphatic carbocycles. The summed E-state index contributed by atoms with van der Waals surface area (Å²) in [5, 5.41) is 14.3. The summed E-state index contributed by atoms with van der Waals surface area (Å²) in [7, 11) is 3.14. The van der Waals surface area contributed by atoms with Crippen molar-refractivity contribution in [3.63, 3.8) is 0 Å². The summed E-state index contributed by atoms with van der Waals surface area (Å²) >= 11 is 1.28. The second-order valence-corrected chi connectivity index (χ2v) is 6.49. The summed E-state index contributed by atoms with van der Waals surface area (Å²) in [5.74, 6) is 0.778. The van der Waals surface area contributed by atoms with Crippen molar-refractivity contribution in [1.82, 2.24) is 4.98 Å². The summed E-state index contributed by atoms with van der Waals surface area (Å²) < 4.78 is 10.5. The van der Waals surface area contributed by atoms with Crippen molar-refractivity contribution in [3.8, 4) is 28.8 Å². The molecule has 1 N–H and O–H groups in total. The largest absolute Gasteiger partial charge is 0.497 e. The molecule has 0 bridgehead atoms. The monoisotopic (exact) mass is 391 g/mol. The van der Waals surface area contributed by atoms with Crippen LogP contribution in [0.15, 0.2) is 59.5 Å². The molecule has 0 aliphatic heterocycles. The first-order chi connectivity index (χ1) is 13.6. The number of benzene rings is 2. The zero-order valence-electron chi connectivity index (χ0n) is 15.3. The summed E-state index contributed by atoms with van der Waals surface area (Å²) in [5.41, 5.74) is 2.20. The Morgan fingerprint density at radius 2 is 2.00 bits per heavy atom. The third-order valence-electron chi connectivity index (χ3n) is 3.89. The highest BCUT2D eigenvalue weighted by molar-refractivity contribution is 7.14. The van der Waals surface area contributed by atoms with Gasteiger partial charge in [0, 0.05) is 16.5 Å². The highest BCUT2D eigenvalue weighted by Gasteiger charge is 2.14. The predicted octanol–water partition coefficient (Wildman–Crippen LogP) is 4.37. The van der Waals surface area contributed by atoms with Gasteiger partial charge in [0.25, 0.3) is 5.91 Å². The van der Waals surface area contributed by atoms with E-state index in [1.165, 1.54) is 24.5 Å². The molecule has 6 nitrogen and oxygen atoms in total. The molecular formula is C21H17N3O3S. The van der Waals surface area contributed by atoms with E-state index in [4.69, 9.17) is 9.47 Å². The standard InChI is InChI=1S/C21H17N3O3S/c1-26-17-8-5-7-14(11-17)18-13-28-21(23-18)24-20(25)16(12-22)10-15-6-3-4-9-19(15)27-2/h3-11,13H,1-2H3,(H,23,24,25). The molecule has 1 aromatic heterocycles. The van der Waals surface area contributed by atoms with E-state index in [2.05, 4.69) is 10.3 Å². The van der Waals surface area contributed by atoms with Crippen LogP contribution in [0.5, 0.6) is 11.5 Å². The summed E-state index contributed by atoms with van der Waals surface area (Å²) in [6.45, 7) is 0. The number of thiazole rings is 1. The highest BCUT2D eigenvalue weighted by Crippen LogP contribution is 2.28. The molecule has 0 saturated carbocycles. The maximum atomic E-state index is 12.5. The molecule has 0 saturated heterocycles. The van der Waals surface area contributed by atoms with Crippen molar-refractivity contribution < 1.29 is 14.3 Å². The number of aromatic nitrogens is 1. The minimum Gasteiger partial charge on any atom is -0.497 e. The van der Waals surface area contributed by atoms with Crippen LogP contribution in [0.4, 0.5) is 5.13 Å². The van der Waals surface area contributed by atoms with Crippen LogP contribution in [0.1, 0.15) is 5.56 Å². The highest BCUT2D eigenvalue weighted by atomic mass is 32.1. The lowest BCUT2D eigenvalue weighted by Crippen LogP contribution is -2.13. The van der Waals surface area contributed by atoms with Crippen LogP contribution in [0.25, 0.3) is 17.3 Å². The minimum atomic E-state index is -0.528. The number of para-hydroxylation sites is 1. The molecule has 0 spiro atoms. The molecule has 1 heterocycles. The van der Waals surface area contributed by atoms with Crippen molar-refractivity contribution in [2.75, 3.05) is 19.5 Å². The molecule has 0 fully saturated rings. The Morgan fingerprint density at radius 1 is 1.18 bits per heavy atom. The number of ether oxygens (including phenoxy) is 2. The van der Waals surface area contributed by atoms with Gasteiger partial charge in [-0.2, -0.15) is 5.26 Å². The molecule has 1 amide bonds. The topological polar surface area (TPSA) is 84.2 Å². The summed E-state index contributed by atoms with van der Waals surface area (Å²) in [6.07, 6.45) is 1.49. The van der Waals surface area contributed by atoms with Crippen LogP contribution in [0.2, 0.25) is 0 Å². The maximum absolute atomic E-state index is 12.5. The van der Waals surface area contributed by atoms with Crippen LogP contribution >= 0.6 is 11.3 Å². The Balaban J connectivity index is 1.79. The number of methoxy groups -OCH3 is 2. The van der Waals surface area contributed by atoms with E-state index in [1.807, 2.05) is 47.8 Å². The average Bonchev–Trinajstić information content (AvgIpc) is 3.20. The van der Waals surface area contributed by atoms with Gasteiger partial charge in [0.05, 0.1) is 19.9 Å². The Kier molecular flexibility index (Phi) is 6.04. The first kappa shape index (κ1) is 19.1. The molecule has 0 radical (unpaired) electrons. The maximum Gasteiger partial charge on any atom is 0.268 e. The number of nitriles is 1. The Labute approximate surface area is 166 Å². The molecule has 3 aromatic rings. The van der Waals surface area contributed by atoms with E-state index in [9.17, 15) is 10.1 Å². The van der Waals surface area contributed by atoms with Crippen molar-refractivity contribution in [2.24, 2.45) is 0 Å². The average molecular weight is 391 g/mol. The molecule has 28 heavy (non-hydrogen) atoms. The number of rotatable bonds is 6. The van der Waals surface area contributed by atoms with Gasteiger partial charge in [0.2, 0.25) is 0 Å². The normalized spacial score (nSPS) is 10.8. The van der Waals surface area contributed by atoms with Crippen LogP contribution in [0.3, 0.4) is 0 Å². The fourth-order valence-electron chi connectivity index (χ4n) is 2.50.